The smallest absolute Gasteiger partial charge is 0.209 e. The summed E-state index contributed by atoms with van der Waals surface area (Å²) in [6, 6.07) is 7.61. The zero-order valence-corrected chi connectivity index (χ0v) is 9.51. The van der Waals surface area contributed by atoms with Crippen LogP contribution in [0.25, 0.3) is 6.08 Å². The van der Waals surface area contributed by atoms with Crippen LogP contribution in [0.2, 0.25) is 0 Å². The van der Waals surface area contributed by atoms with E-state index in [0.29, 0.717) is 0 Å². The maximum absolute atomic E-state index is 11.2. The summed E-state index contributed by atoms with van der Waals surface area (Å²) >= 11 is 0. The van der Waals surface area contributed by atoms with Gasteiger partial charge in [-0.05, 0) is 18.1 Å². The van der Waals surface area contributed by atoms with Crippen LogP contribution < -0.4 is 4.72 Å². The molecule has 15 heavy (non-hydrogen) atoms. The number of hydrogen-bond donors (Lipinski definition) is 1. The standard InChI is InChI=1S/C11H13NO2S/c1-8-7-9-5-3-4-6-10(9)11(8)12-15(2,13)14/h3-7,11-12H,1-2H3/t11-/m0/s1. The molecule has 0 fully saturated rings. The molecule has 0 aromatic heterocycles. The lowest BCUT2D eigenvalue weighted by atomic mass is 10.1. The molecule has 0 heterocycles. The molecule has 4 heteroatoms. The van der Waals surface area contributed by atoms with Gasteiger partial charge in [-0.2, -0.15) is 0 Å². The van der Waals surface area contributed by atoms with Crippen LogP contribution in [0.3, 0.4) is 0 Å². The molecule has 0 aliphatic heterocycles. The second-order valence-electron chi connectivity index (χ2n) is 3.84. The highest BCUT2D eigenvalue weighted by Gasteiger charge is 2.24. The highest BCUT2D eigenvalue weighted by Crippen LogP contribution is 2.33. The van der Waals surface area contributed by atoms with Gasteiger partial charge in [0.05, 0.1) is 12.3 Å². The van der Waals surface area contributed by atoms with Crippen LogP contribution in [0.4, 0.5) is 0 Å². The van der Waals surface area contributed by atoms with Crippen LogP contribution in [0, 0.1) is 0 Å². The molecule has 80 valence electrons. The van der Waals surface area contributed by atoms with Crippen molar-refractivity contribution in [3.63, 3.8) is 0 Å². The van der Waals surface area contributed by atoms with Crippen molar-refractivity contribution in [2.45, 2.75) is 13.0 Å². The fourth-order valence-corrected chi connectivity index (χ4v) is 2.59. The SMILES string of the molecule is CC1=Cc2ccccc2[C@H]1NS(C)(=O)=O. The summed E-state index contributed by atoms with van der Waals surface area (Å²) in [4.78, 5) is 0. The van der Waals surface area contributed by atoms with Gasteiger partial charge in [-0.3, -0.25) is 0 Å². The molecule has 1 N–H and O–H groups in total. The molecule has 2 rings (SSSR count). The van der Waals surface area contributed by atoms with E-state index in [0.717, 1.165) is 16.7 Å². The summed E-state index contributed by atoms with van der Waals surface area (Å²) in [7, 11) is -3.17. The molecule has 0 saturated carbocycles. The lowest BCUT2D eigenvalue weighted by Gasteiger charge is -2.14. The Balaban J connectivity index is 2.40. The van der Waals surface area contributed by atoms with Crippen LogP contribution >= 0.6 is 0 Å². The first-order valence-corrected chi connectivity index (χ1v) is 6.61. The third kappa shape index (κ3) is 2.11. The van der Waals surface area contributed by atoms with E-state index in [1.165, 1.54) is 6.26 Å². The molecule has 0 bridgehead atoms. The Bertz CT molecular complexity index is 517. The van der Waals surface area contributed by atoms with E-state index in [1.807, 2.05) is 37.3 Å². The first-order chi connectivity index (χ1) is 6.97. The minimum atomic E-state index is -3.17. The molecule has 0 amide bonds. The maximum atomic E-state index is 11.2. The van der Waals surface area contributed by atoms with E-state index in [-0.39, 0.29) is 6.04 Å². The van der Waals surface area contributed by atoms with Gasteiger partial charge in [0.2, 0.25) is 10.0 Å². The Hall–Kier alpha value is -1.13. The van der Waals surface area contributed by atoms with Gasteiger partial charge in [0.25, 0.3) is 0 Å². The van der Waals surface area contributed by atoms with E-state index in [9.17, 15) is 8.42 Å². The number of nitrogens with one attached hydrogen (secondary N) is 1. The van der Waals surface area contributed by atoms with Crippen molar-refractivity contribution >= 4 is 16.1 Å². The molecule has 1 aromatic rings. The normalized spacial score (nSPS) is 19.9. The minimum absolute atomic E-state index is 0.198. The third-order valence-corrected chi connectivity index (χ3v) is 3.14. The molecule has 1 atom stereocenters. The van der Waals surface area contributed by atoms with Crippen molar-refractivity contribution in [3.8, 4) is 0 Å². The molecule has 0 saturated heterocycles. The van der Waals surface area contributed by atoms with E-state index in [1.54, 1.807) is 0 Å². The molecule has 3 nitrogen and oxygen atoms in total. The Morgan fingerprint density at radius 1 is 1.27 bits per heavy atom. The van der Waals surface area contributed by atoms with E-state index >= 15 is 0 Å². The zero-order valence-electron chi connectivity index (χ0n) is 8.69. The van der Waals surface area contributed by atoms with Gasteiger partial charge < -0.3 is 0 Å². The number of sulfonamides is 1. The van der Waals surface area contributed by atoms with Gasteiger partial charge in [0.1, 0.15) is 0 Å². The average molecular weight is 223 g/mol. The Morgan fingerprint density at radius 3 is 2.60 bits per heavy atom. The predicted octanol–water partition coefficient (Wildman–Crippen LogP) is 1.69. The third-order valence-electron chi connectivity index (χ3n) is 2.48. The van der Waals surface area contributed by atoms with Crippen LogP contribution in [0.1, 0.15) is 24.1 Å². The first-order valence-electron chi connectivity index (χ1n) is 4.72. The van der Waals surface area contributed by atoms with Crippen molar-refractivity contribution in [1.29, 1.82) is 0 Å². The fraction of sp³-hybridized carbons (Fsp3) is 0.273. The second kappa shape index (κ2) is 3.47. The van der Waals surface area contributed by atoms with Gasteiger partial charge >= 0.3 is 0 Å². The van der Waals surface area contributed by atoms with Gasteiger partial charge in [0.15, 0.2) is 0 Å². The highest BCUT2D eigenvalue weighted by molar-refractivity contribution is 7.88. The number of fused-ring (bicyclic) bond motifs is 1. The average Bonchev–Trinajstić information content (AvgIpc) is 2.41. The van der Waals surface area contributed by atoms with Crippen molar-refractivity contribution in [3.05, 3.63) is 41.0 Å². The summed E-state index contributed by atoms with van der Waals surface area (Å²) in [6.45, 7) is 1.93. The minimum Gasteiger partial charge on any atom is -0.213 e. The number of benzene rings is 1. The van der Waals surface area contributed by atoms with E-state index in [2.05, 4.69) is 4.72 Å². The van der Waals surface area contributed by atoms with Crippen molar-refractivity contribution < 1.29 is 8.42 Å². The second-order valence-corrected chi connectivity index (χ2v) is 5.62. The van der Waals surface area contributed by atoms with Gasteiger partial charge in [-0.1, -0.05) is 35.9 Å². The van der Waals surface area contributed by atoms with Gasteiger partial charge in [0, 0.05) is 0 Å². The van der Waals surface area contributed by atoms with Gasteiger partial charge in [-0.15, -0.1) is 0 Å². The Labute approximate surface area is 89.9 Å². The zero-order chi connectivity index (χ0) is 11.1. The van der Waals surface area contributed by atoms with E-state index < -0.39 is 10.0 Å². The van der Waals surface area contributed by atoms with Crippen molar-refractivity contribution in [2.24, 2.45) is 0 Å². The Morgan fingerprint density at radius 2 is 1.93 bits per heavy atom. The lowest BCUT2D eigenvalue weighted by Crippen LogP contribution is -2.27. The summed E-state index contributed by atoms with van der Waals surface area (Å²) in [6.07, 6.45) is 3.19. The van der Waals surface area contributed by atoms with Crippen LogP contribution in [0.5, 0.6) is 0 Å². The molecule has 1 aliphatic carbocycles. The van der Waals surface area contributed by atoms with Gasteiger partial charge in [-0.25, -0.2) is 13.1 Å². The number of rotatable bonds is 2. The fourth-order valence-electron chi connectivity index (χ4n) is 1.85. The largest absolute Gasteiger partial charge is 0.213 e. The summed E-state index contributed by atoms with van der Waals surface area (Å²) in [5, 5.41) is 0. The molecular weight excluding hydrogens is 210 g/mol. The van der Waals surface area contributed by atoms with Crippen LogP contribution in [-0.4, -0.2) is 14.7 Å². The van der Waals surface area contributed by atoms with Crippen molar-refractivity contribution in [2.75, 3.05) is 6.26 Å². The lowest BCUT2D eigenvalue weighted by molar-refractivity contribution is 0.578. The number of hydrogen-bond acceptors (Lipinski definition) is 2. The first kappa shape index (κ1) is 10.4. The topological polar surface area (TPSA) is 46.2 Å². The van der Waals surface area contributed by atoms with Crippen LogP contribution in [-0.2, 0) is 10.0 Å². The monoisotopic (exact) mass is 223 g/mol. The summed E-state index contributed by atoms with van der Waals surface area (Å²) in [5.41, 5.74) is 3.15. The molecule has 0 radical (unpaired) electrons. The molecular formula is C11H13NO2S. The maximum Gasteiger partial charge on any atom is 0.209 e. The Kier molecular flexibility index (Phi) is 2.40. The summed E-state index contributed by atoms with van der Waals surface area (Å²) in [5.74, 6) is 0. The quantitative estimate of drug-likeness (QED) is 0.829. The molecule has 1 aliphatic rings. The van der Waals surface area contributed by atoms with Crippen molar-refractivity contribution in [1.82, 2.24) is 4.72 Å². The molecule has 0 spiro atoms. The molecule has 0 unspecified atom stereocenters. The summed E-state index contributed by atoms with van der Waals surface area (Å²) < 4.78 is 25.0. The predicted molar refractivity (Wildman–Crippen MR) is 60.8 cm³/mol. The van der Waals surface area contributed by atoms with E-state index in [4.69, 9.17) is 0 Å². The molecule has 1 aromatic carbocycles. The highest BCUT2D eigenvalue weighted by atomic mass is 32.2. The van der Waals surface area contributed by atoms with Crippen LogP contribution in [0.15, 0.2) is 29.8 Å².